The van der Waals surface area contributed by atoms with Gasteiger partial charge in [-0.15, -0.1) is 0 Å². The largest absolute Gasteiger partial charge is 0.570 e. The Morgan fingerprint density at radius 3 is 2.42 bits per heavy atom. The Bertz CT molecular complexity index is 1620. The van der Waals surface area contributed by atoms with E-state index < -0.39 is 28.5 Å². The lowest BCUT2D eigenvalue weighted by molar-refractivity contribution is -0.0317. The van der Waals surface area contributed by atoms with Crippen LogP contribution in [0.1, 0.15) is 37.9 Å². The van der Waals surface area contributed by atoms with Crippen LogP contribution in [0.3, 0.4) is 0 Å². The number of benzene rings is 3. The third-order valence-electron chi connectivity index (χ3n) is 7.78. The van der Waals surface area contributed by atoms with Crippen molar-refractivity contribution < 1.29 is 27.2 Å². The zero-order valence-corrected chi connectivity index (χ0v) is 23.9. The average molecular weight is 561 g/mol. The van der Waals surface area contributed by atoms with Gasteiger partial charge in [-0.2, -0.15) is 4.63 Å². The number of nitrogens with one attached hydrogen (secondary N) is 1. The fourth-order valence-corrected chi connectivity index (χ4v) is 6.20. The molecule has 11 heteroatoms. The van der Waals surface area contributed by atoms with Crippen LogP contribution in [0.25, 0.3) is 10.8 Å². The van der Waals surface area contributed by atoms with E-state index in [-0.39, 0.29) is 10.8 Å². The summed E-state index contributed by atoms with van der Waals surface area (Å²) in [5.74, 6) is 0.976. The molecular formula is C29H32BN3O6S. The van der Waals surface area contributed by atoms with Crippen molar-refractivity contribution in [1.29, 1.82) is 0 Å². The van der Waals surface area contributed by atoms with Crippen molar-refractivity contribution in [3.05, 3.63) is 90.5 Å². The summed E-state index contributed by atoms with van der Waals surface area (Å²) in [7, 11) is -1.98. The lowest BCUT2D eigenvalue weighted by atomic mass is 9.72. The van der Waals surface area contributed by atoms with E-state index in [0.717, 1.165) is 22.0 Å². The topological polar surface area (TPSA) is 109 Å². The summed E-state index contributed by atoms with van der Waals surface area (Å²) in [6.45, 7) is 5.69. The fraction of sp³-hybridized carbons (Fsp3) is 0.310. The van der Waals surface area contributed by atoms with Gasteiger partial charge in [0, 0.05) is 18.2 Å². The Labute approximate surface area is 235 Å². The first kappa shape index (κ1) is 28.0. The van der Waals surface area contributed by atoms with Crippen LogP contribution in [0, 0.1) is 0 Å². The minimum atomic E-state index is -3.96. The van der Waals surface area contributed by atoms with Crippen LogP contribution >= 0.6 is 0 Å². The Morgan fingerprint density at radius 1 is 0.950 bits per heavy atom. The van der Waals surface area contributed by atoms with Gasteiger partial charge in [0.15, 0.2) is 0 Å². The van der Waals surface area contributed by atoms with E-state index in [0.29, 0.717) is 17.9 Å². The number of ether oxygens (including phenoxy) is 2. The Hall–Kier alpha value is -3.51. The second-order valence-corrected chi connectivity index (χ2v) is 12.1. The third-order valence-corrected chi connectivity index (χ3v) is 9.15. The Balaban J connectivity index is 1.47. The molecule has 40 heavy (non-hydrogen) atoms. The molecule has 1 N–H and O–H groups in total. The van der Waals surface area contributed by atoms with Crippen LogP contribution in [-0.2, 0) is 25.8 Å². The zero-order valence-electron chi connectivity index (χ0n) is 23.1. The molecule has 2 atom stereocenters. The fourth-order valence-electron chi connectivity index (χ4n) is 5.18. The molecule has 0 spiro atoms. The summed E-state index contributed by atoms with van der Waals surface area (Å²) in [6, 6.07) is 20.0. The Kier molecular flexibility index (Phi) is 7.58. The van der Waals surface area contributed by atoms with Gasteiger partial charge in [-0.05, 0) is 67.8 Å². The monoisotopic (exact) mass is 561 g/mol. The third kappa shape index (κ3) is 5.29. The lowest BCUT2D eigenvalue weighted by Crippen LogP contribution is -2.50. The summed E-state index contributed by atoms with van der Waals surface area (Å²) >= 11 is 0. The number of fused-ring (bicyclic) bond motifs is 1. The van der Waals surface area contributed by atoms with E-state index in [1.165, 1.54) is 6.33 Å². The predicted octanol–water partition coefficient (Wildman–Crippen LogP) is 4.52. The van der Waals surface area contributed by atoms with Gasteiger partial charge in [0.2, 0.25) is 10.0 Å². The summed E-state index contributed by atoms with van der Waals surface area (Å²) in [5.41, 5.74) is -0.292. The van der Waals surface area contributed by atoms with E-state index in [1.54, 1.807) is 38.6 Å². The number of hydrogen-bond donors (Lipinski definition) is 1. The summed E-state index contributed by atoms with van der Waals surface area (Å²) in [5, 5.41) is 1.77. The molecule has 1 aromatic heterocycles. The van der Waals surface area contributed by atoms with Crippen LogP contribution in [-0.4, -0.2) is 51.1 Å². The van der Waals surface area contributed by atoms with Gasteiger partial charge in [0.1, 0.15) is 17.8 Å². The normalized spacial score (nSPS) is 19.5. The maximum absolute atomic E-state index is 13.4. The van der Waals surface area contributed by atoms with Crippen molar-refractivity contribution in [3.63, 3.8) is 0 Å². The molecule has 1 aliphatic heterocycles. The highest BCUT2D eigenvalue weighted by atomic mass is 32.2. The van der Waals surface area contributed by atoms with Crippen molar-refractivity contribution in [2.24, 2.45) is 0 Å². The van der Waals surface area contributed by atoms with Crippen LogP contribution in [0.15, 0.2) is 84.1 Å². The van der Waals surface area contributed by atoms with Crippen molar-refractivity contribution in [3.8, 4) is 11.5 Å². The molecule has 0 saturated carbocycles. The van der Waals surface area contributed by atoms with Crippen LogP contribution in [0.4, 0.5) is 0 Å². The van der Waals surface area contributed by atoms with Crippen molar-refractivity contribution in [2.75, 3.05) is 14.2 Å². The molecular weight excluding hydrogens is 529 g/mol. The number of methoxy groups -OCH3 is 2. The highest BCUT2D eigenvalue weighted by molar-refractivity contribution is 7.90. The zero-order chi connectivity index (χ0) is 28.5. The van der Waals surface area contributed by atoms with Crippen molar-refractivity contribution in [1.82, 2.24) is 14.6 Å². The highest BCUT2D eigenvalue weighted by Gasteiger charge is 2.59. The van der Waals surface area contributed by atoms with E-state index in [1.807, 2.05) is 69.3 Å². The molecule has 0 bridgehead atoms. The van der Waals surface area contributed by atoms with Gasteiger partial charge < -0.3 is 18.8 Å². The molecule has 3 aromatic carbocycles. The van der Waals surface area contributed by atoms with Gasteiger partial charge >= 0.3 is 7.25 Å². The minimum Gasteiger partial charge on any atom is -0.497 e. The molecule has 0 radical (unpaired) electrons. The lowest BCUT2D eigenvalue weighted by Gasteiger charge is -2.42. The molecule has 1 aliphatic rings. The van der Waals surface area contributed by atoms with Gasteiger partial charge in [-0.25, -0.2) is 18.4 Å². The molecule has 2 heterocycles. The smallest absolute Gasteiger partial charge is 0.497 e. The summed E-state index contributed by atoms with van der Waals surface area (Å²) < 4.78 is 53.2. The van der Waals surface area contributed by atoms with Gasteiger partial charge in [-0.1, -0.05) is 36.4 Å². The van der Waals surface area contributed by atoms with Crippen LogP contribution in [0.2, 0.25) is 0 Å². The highest BCUT2D eigenvalue weighted by Crippen LogP contribution is 2.48. The predicted molar refractivity (Wildman–Crippen MR) is 153 cm³/mol. The molecule has 1 saturated heterocycles. The maximum Gasteiger partial charge on any atom is 0.570 e. The number of hydrogen-bond acceptors (Lipinski definition) is 8. The minimum absolute atomic E-state index is 0.125. The van der Waals surface area contributed by atoms with Gasteiger partial charge in [-0.3, -0.25) is 0 Å². The van der Waals surface area contributed by atoms with Crippen LogP contribution in [0.5, 0.6) is 11.5 Å². The van der Waals surface area contributed by atoms with E-state index in [2.05, 4.69) is 14.6 Å². The molecule has 2 unspecified atom stereocenters. The molecule has 4 aromatic rings. The molecule has 0 amide bonds. The first-order chi connectivity index (χ1) is 19.1. The van der Waals surface area contributed by atoms with Gasteiger partial charge in [0.25, 0.3) is 0 Å². The second kappa shape index (κ2) is 10.8. The molecule has 0 aliphatic carbocycles. The quantitative estimate of drug-likeness (QED) is 0.297. The Morgan fingerprint density at radius 2 is 1.73 bits per heavy atom. The number of rotatable bonds is 9. The number of sulfonamides is 1. The van der Waals surface area contributed by atoms with E-state index >= 15 is 0 Å². The first-order valence-electron chi connectivity index (χ1n) is 12.9. The molecule has 9 nitrogen and oxygen atoms in total. The van der Waals surface area contributed by atoms with E-state index in [9.17, 15) is 8.42 Å². The SMILES string of the molecule is COc1ccc(CC(c2ccncn2)C2(C)OB(NS(=O)(=O)c3ccc4ccccc4c3)OC2(C)C)c(OC)c1. The number of nitrogens with zero attached hydrogens (tertiary/aromatic N) is 2. The summed E-state index contributed by atoms with van der Waals surface area (Å²) in [6.07, 6.45) is 3.63. The van der Waals surface area contributed by atoms with E-state index in [4.69, 9.17) is 18.8 Å². The standard InChI is InChI=1S/C29H32BN3O6S/c1-28(2)29(3,25(26-14-15-31-19-32-26)17-22-10-12-23(36-4)18-27(22)37-5)39-30(38-28)33-40(34,35)24-13-11-20-8-6-7-9-21(20)16-24/h6-16,18-19,25,33H,17H2,1-5H3. The average Bonchev–Trinajstić information content (AvgIpc) is 3.18. The summed E-state index contributed by atoms with van der Waals surface area (Å²) in [4.78, 5) is 8.75. The molecule has 5 rings (SSSR count). The molecule has 1 fully saturated rings. The number of aromatic nitrogens is 2. The molecule has 208 valence electrons. The first-order valence-corrected chi connectivity index (χ1v) is 14.4. The van der Waals surface area contributed by atoms with Crippen LogP contribution < -0.4 is 14.1 Å². The van der Waals surface area contributed by atoms with Gasteiger partial charge in [0.05, 0.1) is 36.0 Å². The van der Waals surface area contributed by atoms with Crippen molar-refractivity contribution in [2.45, 2.75) is 49.2 Å². The maximum atomic E-state index is 13.4. The van der Waals surface area contributed by atoms with Crippen molar-refractivity contribution >= 4 is 28.0 Å². The second-order valence-electron chi connectivity index (χ2n) is 10.4.